The number of nitrogens with zero attached hydrogens (tertiary/aromatic N) is 2. The maximum Gasteiger partial charge on any atom is 0.159 e. The van der Waals surface area contributed by atoms with Gasteiger partial charge in [0.15, 0.2) is 11.6 Å². The van der Waals surface area contributed by atoms with Crippen LogP contribution in [0.1, 0.15) is 25.3 Å². The third kappa shape index (κ3) is 4.41. The van der Waals surface area contributed by atoms with E-state index in [4.69, 9.17) is 22.1 Å². The van der Waals surface area contributed by atoms with Crippen molar-refractivity contribution in [1.29, 1.82) is 0 Å². The molecule has 4 N–H and O–H groups in total. The molecule has 0 bridgehead atoms. The van der Waals surface area contributed by atoms with Crippen LogP contribution in [0.5, 0.6) is 5.75 Å². The fourth-order valence-electron chi connectivity index (χ4n) is 2.59. The first-order valence-corrected chi connectivity index (χ1v) is 8.93. The van der Waals surface area contributed by atoms with E-state index in [1.54, 1.807) is 25.3 Å². The molecule has 0 amide bonds. The van der Waals surface area contributed by atoms with Gasteiger partial charge in [0.05, 0.1) is 12.8 Å². The number of nitrogens with two attached hydrogens (primary N) is 1. The SMILES string of the molecule is COc1ccc(Cl)cc1Nc1ncnc(Nc2ccc(C(C)C)cc2)c1N. The number of ether oxygens (including phenoxy) is 1. The molecule has 0 aliphatic rings. The summed E-state index contributed by atoms with van der Waals surface area (Å²) in [4.78, 5) is 8.48. The van der Waals surface area contributed by atoms with Gasteiger partial charge in [-0.25, -0.2) is 9.97 Å². The quantitative estimate of drug-likeness (QED) is 0.533. The Balaban J connectivity index is 1.85. The smallest absolute Gasteiger partial charge is 0.159 e. The van der Waals surface area contributed by atoms with Gasteiger partial charge in [0, 0.05) is 10.7 Å². The minimum Gasteiger partial charge on any atom is -0.495 e. The van der Waals surface area contributed by atoms with E-state index in [1.807, 2.05) is 12.1 Å². The molecule has 0 spiro atoms. The molecule has 0 aliphatic carbocycles. The zero-order valence-corrected chi connectivity index (χ0v) is 16.2. The number of methoxy groups -OCH3 is 1. The largest absolute Gasteiger partial charge is 0.495 e. The van der Waals surface area contributed by atoms with E-state index in [9.17, 15) is 0 Å². The fraction of sp³-hybridized carbons (Fsp3) is 0.200. The Bertz CT molecular complexity index is 928. The minimum absolute atomic E-state index is 0.396. The molecule has 0 saturated carbocycles. The fourth-order valence-corrected chi connectivity index (χ4v) is 2.76. The summed E-state index contributed by atoms with van der Waals surface area (Å²) in [5.74, 6) is 2.10. The number of benzene rings is 2. The summed E-state index contributed by atoms with van der Waals surface area (Å²) in [5, 5.41) is 6.97. The number of nitrogen functional groups attached to an aromatic ring is 1. The first-order valence-electron chi connectivity index (χ1n) is 8.56. The average molecular weight is 384 g/mol. The lowest BCUT2D eigenvalue weighted by atomic mass is 10.0. The van der Waals surface area contributed by atoms with Crippen LogP contribution >= 0.6 is 11.6 Å². The first-order chi connectivity index (χ1) is 13.0. The van der Waals surface area contributed by atoms with Crippen molar-refractivity contribution in [2.75, 3.05) is 23.5 Å². The predicted octanol–water partition coefficient (Wildman–Crippen LogP) is 5.33. The number of nitrogens with one attached hydrogen (secondary N) is 2. The standard InChI is InChI=1S/C20H22ClN5O/c1-12(2)13-4-7-15(8-5-13)25-19-18(22)20(24-11-23-19)26-16-10-14(21)6-9-17(16)27-3/h4-12H,22H2,1-3H3,(H2,23,24,25,26). The monoisotopic (exact) mass is 383 g/mol. The molecule has 7 heteroatoms. The number of rotatable bonds is 6. The highest BCUT2D eigenvalue weighted by molar-refractivity contribution is 6.31. The Morgan fingerprint density at radius 2 is 1.67 bits per heavy atom. The molecule has 140 valence electrons. The number of aromatic nitrogens is 2. The molecule has 1 aromatic heterocycles. The van der Waals surface area contributed by atoms with Crippen molar-refractivity contribution in [3.05, 3.63) is 59.4 Å². The molecular weight excluding hydrogens is 362 g/mol. The Morgan fingerprint density at radius 1 is 1.00 bits per heavy atom. The zero-order chi connectivity index (χ0) is 19.4. The molecule has 2 aromatic carbocycles. The summed E-state index contributed by atoms with van der Waals surface area (Å²) >= 11 is 6.08. The van der Waals surface area contributed by atoms with Gasteiger partial charge in [0.1, 0.15) is 17.8 Å². The summed E-state index contributed by atoms with van der Waals surface area (Å²) in [5.41, 5.74) is 9.50. The average Bonchev–Trinajstić information content (AvgIpc) is 2.65. The first kappa shape index (κ1) is 18.8. The van der Waals surface area contributed by atoms with Crippen molar-refractivity contribution in [1.82, 2.24) is 9.97 Å². The Kier molecular flexibility index (Phi) is 5.66. The molecule has 0 aliphatic heterocycles. The third-order valence-electron chi connectivity index (χ3n) is 4.14. The topological polar surface area (TPSA) is 85.1 Å². The second-order valence-electron chi connectivity index (χ2n) is 6.36. The molecule has 0 radical (unpaired) electrons. The number of anilines is 5. The van der Waals surface area contributed by atoms with Crippen molar-refractivity contribution in [3.8, 4) is 5.75 Å². The zero-order valence-electron chi connectivity index (χ0n) is 15.5. The molecule has 0 unspecified atom stereocenters. The highest BCUT2D eigenvalue weighted by Gasteiger charge is 2.12. The van der Waals surface area contributed by atoms with E-state index in [2.05, 4.69) is 46.6 Å². The van der Waals surface area contributed by atoms with Crippen LogP contribution in [0.25, 0.3) is 0 Å². The number of hydrogen-bond acceptors (Lipinski definition) is 6. The Hall–Kier alpha value is -2.99. The highest BCUT2D eigenvalue weighted by Crippen LogP contribution is 2.33. The van der Waals surface area contributed by atoms with Gasteiger partial charge in [-0.3, -0.25) is 0 Å². The summed E-state index contributed by atoms with van der Waals surface area (Å²) < 4.78 is 5.35. The van der Waals surface area contributed by atoms with Crippen LogP contribution in [0, 0.1) is 0 Å². The van der Waals surface area contributed by atoms with E-state index < -0.39 is 0 Å². The number of hydrogen-bond donors (Lipinski definition) is 3. The van der Waals surface area contributed by atoms with Crippen molar-refractivity contribution >= 4 is 40.3 Å². The lowest BCUT2D eigenvalue weighted by Crippen LogP contribution is -2.06. The van der Waals surface area contributed by atoms with Gasteiger partial charge in [0.2, 0.25) is 0 Å². The van der Waals surface area contributed by atoms with Gasteiger partial charge >= 0.3 is 0 Å². The third-order valence-corrected chi connectivity index (χ3v) is 4.37. The lowest BCUT2D eigenvalue weighted by Gasteiger charge is -2.15. The van der Waals surface area contributed by atoms with Crippen molar-refractivity contribution in [3.63, 3.8) is 0 Å². The van der Waals surface area contributed by atoms with E-state index in [0.29, 0.717) is 39.7 Å². The van der Waals surface area contributed by atoms with Gasteiger partial charge in [-0.05, 0) is 41.8 Å². The van der Waals surface area contributed by atoms with Gasteiger partial charge in [-0.1, -0.05) is 37.6 Å². The highest BCUT2D eigenvalue weighted by atomic mass is 35.5. The van der Waals surface area contributed by atoms with Gasteiger partial charge < -0.3 is 21.1 Å². The van der Waals surface area contributed by atoms with Crippen LogP contribution in [0.3, 0.4) is 0 Å². The van der Waals surface area contributed by atoms with Crippen LogP contribution in [0.15, 0.2) is 48.8 Å². The Morgan fingerprint density at radius 3 is 2.30 bits per heavy atom. The maximum absolute atomic E-state index is 6.26. The molecule has 3 aromatic rings. The molecular formula is C20H22ClN5O. The molecule has 0 fully saturated rings. The van der Waals surface area contributed by atoms with E-state index in [1.165, 1.54) is 11.9 Å². The van der Waals surface area contributed by atoms with Crippen LogP contribution in [0.4, 0.5) is 28.7 Å². The second kappa shape index (κ2) is 8.14. The summed E-state index contributed by atoms with van der Waals surface area (Å²) in [6, 6.07) is 13.5. The van der Waals surface area contributed by atoms with E-state index in [0.717, 1.165) is 5.69 Å². The summed E-state index contributed by atoms with van der Waals surface area (Å²) in [6.45, 7) is 4.32. The van der Waals surface area contributed by atoms with Crippen molar-refractivity contribution in [2.24, 2.45) is 0 Å². The van der Waals surface area contributed by atoms with Gasteiger partial charge in [-0.15, -0.1) is 0 Å². The molecule has 27 heavy (non-hydrogen) atoms. The normalized spacial score (nSPS) is 10.7. The van der Waals surface area contributed by atoms with Crippen molar-refractivity contribution in [2.45, 2.75) is 19.8 Å². The molecule has 1 heterocycles. The number of halogens is 1. The van der Waals surface area contributed by atoms with Crippen LogP contribution in [0.2, 0.25) is 5.02 Å². The summed E-state index contributed by atoms with van der Waals surface area (Å²) in [7, 11) is 1.59. The Labute approximate surface area is 163 Å². The van der Waals surface area contributed by atoms with Crippen LogP contribution in [-0.4, -0.2) is 17.1 Å². The molecule has 6 nitrogen and oxygen atoms in total. The van der Waals surface area contributed by atoms with Crippen LogP contribution in [-0.2, 0) is 0 Å². The van der Waals surface area contributed by atoms with Crippen LogP contribution < -0.4 is 21.1 Å². The van der Waals surface area contributed by atoms with Gasteiger partial charge in [-0.2, -0.15) is 0 Å². The molecule has 0 atom stereocenters. The second-order valence-corrected chi connectivity index (χ2v) is 6.79. The lowest BCUT2D eigenvalue weighted by molar-refractivity contribution is 0.417. The van der Waals surface area contributed by atoms with Gasteiger partial charge in [0.25, 0.3) is 0 Å². The van der Waals surface area contributed by atoms with Crippen molar-refractivity contribution < 1.29 is 4.74 Å². The van der Waals surface area contributed by atoms with E-state index in [-0.39, 0.29) is 0 Å². The van der Waals surface area contributed by atoms with E-state index >= 15 is 0 Å². The summed E-state index contributed by atoms with van der Waals surface area (Å²) in [6.07, 6.45) is 1.44. The predicted molar refractivity (Wildman–Crippen MR) is 112 cm³/mol. The maximum atomic E-state index is 6.26. The molecule has 3 rings (SSSR count). The minimum atomic E-state index is 0.396. The molecule has 0 saturated heterocycles.